The van der Waals surface area contributed by atoms with E-state index in [2.05, 4.69) is 27.9 Å². The summed E-state index contributed by atoms with van der Waals surface area (Å²) in [6.45, 7) is 3.50. The molecular weight excluding hydrogens is 340 g/mol. The molecule has 1 aliphatic heterocycles. The molecule has 2 rings (SSSR count). The number of likely N-dealkylation sites (N-methyl/N-ethyl adjacent to an activating group) is 2. The van der Waals surface area contributed by atoms with E-state index in [0.717, 1.165) is 29.4 Å². The zero-order chi connectivity index (χ0) is 14.9. The minimum atomic E-state index is -3.40. The molecule has 0 aromatic heterocycles. The Hall–Kier alpha value is -0.430. The van der Waals surface area contributed by atoms with Crippen LogP contribution in [0.4, 0.5) is 0 Å². The predicted molar refractivity (Wildman–Crippen MR) is 84.3 cm³/mol. The average molecular weight is 361 g/mol. The van der Waals surface area contributed by atoms with Crippen LogP contribution in [0, 0.1) is 6.92 Å². The molecule has 20 heavy (non-hydrogen) atoms. The van der Waals surface area contributed by atoms with Crippen molar-refractivity contribution in [3.05, 3.63) is 28.2 Å². The van der Waals surface area contributed by atoms with Crippen molar-refractivity contribution in [3.63, 3.8) is 0 Å². The van der Waals surface area contributed by atoms with E-state index < -0.39 is 10.0 Å². The van der Waals surface area contributed by atoms with E-state index in [1.54, 1.807) is 25.2 Å². The lowest BCUT2D eigenvalue weighted by atomic mass is 10.2. The maximum absolute atomic E-state index is 12.6. The Balaban J connectivity index is 2.18. The van der Waals surface area contributed by atoms with Gasteiger partial charge in [0.1, 0.15) is 0 Å². The maximum Gasteiger partial charge on any atom is 0.242 e. The van der Waals surface area contributed by atoms with Crippen LogP contribution in [0.15, 0.2) is 27.6 Å². The fraction of sp³-hybridized carbons (Fsp3) is 0.571. The zero-order valence-corrected chi connectivity index (χ0v) is 14.5. The third-order valence-electron chi connectivity index (χ3n) is 3.98. The summed E-state index contributed by atoms with van der Waals surface area (Å²) in [5, 5.41) is 0. The molecule has 0 saturated carbocycles. The Bertz CT molecular complexity index is 589. The first-order valence-electron chi connectivity index (χ1n) is 6.75. The van der Waals surface area contributed by atoms with Gasteiger partial charge in [-0.15, -0.1) is 0 Å². The normalized spacial score (nSPS) is 20.8. The average Bonchev–Trinajstić information content (AvgIpc) is 2.78. The highest BCUT2D eigenvalue weighted by Crippen LogP contribution is 2.23. The second-order valence-electron chi connectivity index (χ2n) is 5.47. The van der Waals surface area contributed by atoms with E-state index in [0.29, 0.717) is 17.5 Å². The Morgan fingerprint density at radius 2 is 2.15 bits per heavy atom. The van der Waals surface area contributed by atoms with Crippen molar-refractivity contribution in [1.82, 2.24) is 9.21 Å². The number of nitrogens with zero attached hydrogens (tertiary/aromatic N) is 2. The number of halogens is 1. The molecule has 0 bridgehead atoms. The summed E-state index contributed by atoms with van der Waals surface area (Å²) >= 11 is 3.40. The lowest BCUT2D eigenvalue weighted by molar-refractivity contribution is 0.271. The van der Waals surface area contributed by atoms with Crippen LogP contribution < -0.4 is 0 Å². The van der Waals surface area contributed by atoms with Crippen LogP contribution in [0.1, 0.15) is 18.4 Å². The molecule has 1 aliphatic rings. The van der Waals surface area contributed by atoms with Crippen LogP contribution in [0.25, 0.3) is 0 Å². The molecule has 0 amide bonds. The highest BCUT2D eigenvalue weighted by atomic mass is 79.9. The third-order valence-corrected chi connectivity index (χ3v) is 6.69. The molecule has 1 aromatic carbocycles. The van der Waals surface area contributed by atoms with Crippen molar-refractivity contribution >= 4 is 26.0 Å². The smallest absolute Gasteiger partial charge is 0.242 e. The summed E-state index contributed by atoms with van der Waals surface area (Å²) in [6, 6.07) is 5.49. The maximum atomic E-state index is 12.6. The Morgan fingerprint density at radius 3 is 2.70 bits per heavy atom. The van der Waals surface area contributed by atoms with Crippen molar-refractivity contribution < 1.29 is 8.42 Å². The predicted octanol–water partition coefficient (Wildman–Crippen LogP) is 2.47. The molecule has 6 heteroatoms. The van der Waals surface area contributed by atoms with Crippen molar-refractivity contribution in [3.8, 4) is 0 Å². The lowest BCUT2D eigenvalue weighted by Crippen LogP contribution is -2.39. The van der Waals surface area contributed by atoms with Gasteiger partial charge < -0.3 is 4.90 Å². The van der Waals surface area contributed by atoms with Gasteiger partial charge in [-0.25, -0.2) is 8.42 Å². The molecule has 1 saturated heterocycles. The number of hydrogen-bond donors (Lipinski definition) is 0. The van der Waals surface area contributed by atoms with Gasteiger partial charge in [0, 0.05) is 24.1 Å². The van der Waals surface area contributed by atoms with Crippen LogP contribution in [-0.4, -0.2) is 50.8 Å². The van der Waals surface area contributed by atoms with Gasteiger partial charge in [0.25, 0.3) is 0 Å². The van der Waals surface area contributed by atoms with Gasteiger partial charge >= 0.3 is 0 Å². The molecule has 4 nitrogen and oxygen atoms in total. The molecule has 0 radical (unpaired) electrons. The van der Waals surface area contributed by atoms with E-state index in [9.17, 15) is 8.42 Å². The topological polar surface area (TPSA) is 40.6 Å². The second-order valence-corrected chi connectivity index (χ2v) is 8.37. The zero-order valence-electron chi connectivity index (χ0n) is 12.1. The highest BCUT2D eigenvalue weighted by Gasteiger charge is 2.28. The van der Waals surface area contributed by atoms with Crippen LogP contribution in [0.3, 0.4) is 0 Å². The van der Waals surface area contributed by atoms with Gasteiger partial charge in [0.05, 0.1) is 4.90 Å². The largest absolute Gasteiger partial charge is 0.302 e. The molecule has 0 N–H and O–H groups in total. The van der Waals surface area contributed by atoms with Gasteiger partial charge in [0.2, 0.25) is 10.0 Å². The third kappa shape index (κ3) is 3.24. The van der Waals surface area contributed by atoms with Crippen LogP contribution >= 0.6 is 15.9 Å². The number of aryl methyl sites for hydroxylation is 1. The summed E-state index contributed by atoms with van der Waals surface area (Å²) in [4.78, 5) is 2.60. The Labute approximate surface area is 129 Å². The van der Waals surface area contributed by atoms with Crippen molar-refractivity contribution in [1.29, 1.82) is 0 Å². The van der Waals surface area contributed by atoms with E-state index in [1.807, 2.05) is 6.92 Å². The molecule has 0 spiro atoms. The van der Waals surface area contributed by atoms with E-state index in [4.69, 9.17) is 0 Å². The quantitative estimate of drug-likeness (QED) is 0.827. The fourth-order valence-electron chi connectivity index (χ4n) is 2.56. The molecular formula is C14H21BrN2O2S. The van der Waals surface area contributed by atoms with Crippen LogP contribution in [0.2, 0.25) is 0 Å². The number of likely N-dealkylation sites (tertiary alicyclic amines) is 1. The first-order valence-corrected chi connectivity index (χ1v) is 8.98. The summed E-state index contributed by atoms with van der Waals surface area (Å²) in [5.41, 5.74) is 0.928. The lowest BCUT2D eigenvalue weighted by Gasteiger charge is -2.25. The summed E-state index contributed by atoms with van der Waals surface area (Å²) in [6.07, 6.45) is 2.21. The number of hydrogen-bond acceptors (Lipinski definition) is 3. The van der Waals surface area contributed by atoms with Crippen LogP contribution in [-0.2, 0) is 10.0 Å². The van der Waals surface area contributed by atoms with Crippen LogP contribution in [0.5, 0.6) is 0 Å². The molecule has 1 unspecified atom stereocenters. The number of rotatable bonds is 4. The van der Waals surface area contributed by atoms with E-state index >= 15 is 0 Å². The van der Waals surface area contributed by atoms with Crippen molar-refractivity contribution in [2.75, 3.05) is 27.2 Å². The van der Waals surface area contributed by atoms with Gasteiger partial charge in [0.15, 0.2) is 0 Å². The number of sulfonamides is 1. The molecule has 1 atom stereocenters. The standard InChI is InChI=1S/C14H21BrN2O2S/c1-11-9-13(6-7-14(11)15)20(18,19)17(3)10-12-5-4-8-16(12)2/h6-7,9,12H,4-5,8,10H2,1-3H3. The monoisotopic (exact) mass is 360 g/mol. The summed E-state index contributed by atoms with van der Waals surface area (Å²) in [5.74, 6) is 0. The minimum absolute atomic E-state index is 0.325. The van der Waals surface area contributed by atoms with Gasteiger partial charge in [-0.2, -0.15) is 4.31 Å². The van der Waals surface area contributed by atoms with Gasteiger partial charge in [-0.05, 0) is 57.1 Å². The highest BCUT2D eigenvalue weighted by molar-refractivity contribution is 9.10. The molecule has 1 aromatic rings. The fourth-order valence-corrected chi connectivity index (χ4v) is 4.10. The second kappa shape index (κ2) is 6.13. The molecule has 112 valence electrons. The first kappa shape index (κ1) is 15.9. The minimum Gasteiger partial charge on any atom is -0.302 e. The van der Waals surface area contributed by atoms with Gasteiger partial charge in [-0.3, -0.25) is 0 Å². The van der Waals surface area contributed by atoms with Gasteiger partial charge in [-0.1, -0.05) is 15.9 Å². The Morgan fingerprint density at radius 1 is 1.45 bits per heavy atom. The molecule has 1 heterocycles. The Kier molecular flexibility index (Phi) is 4.89. The van der Waals surface area contributed by atoms with E-state index in [1.165, 1.54) is 4.31 Å². The van der Waals surface area contributed by atoms with E-state index in [-0.39, 0.29) is 0 Å². The SMILES string of the molecule is Cc1cc(S(=O)(=O)N(C)CC2CCCN2C)ccc1Br. The summed E-state index contributed by atoms with van der Waals surface area (Å²) in [7, 11) is 0.320. The molecule has 1 fully saturated rings. The number of benzene rings is 1. The van der Waals surface area contributed by atoms with Crippen molar-refractivity contribution in [2.24, 2.45) is 0 Å². The first-order chi connectivity index (χ1) is 9.32. The summed E-state index contributed by atoms with van der Waals surface area (Å²) < 4.78 is 27.6. The van der Waals surface area contributed by atoms with Crippen molar-refractivity contribution in [2.45, 2.75) is 30.7 Å². The molecule has 0 aliphatic carbocycles.